The summed E-state index contributed by atoms with van der Waals surface area (Å²) in [6.07, 6.45) is 8.11. The number of halogens is 2. The predicted molar refractivity (Wildman–Crippen MR) is 167 cm³/mol. The number of amides is 1. The molecular weight excluding hydrogens is 557 g/mol. The molecule has 41 heavy (non-hydrogen) atoms. The lowest BCUT2D eigenvalue weighted by Crippen LogP contribution is -2.41. The molecule has 0 spiro atoms. The highest BCUT2D eigenvalue weighted by Crippen LogP contribution is 2.30. The van der Waals surface area contributed by atoms with Gasteiger partial charge in [0.15, 0.2) is 0 Å². The smallest absolute Gasteiger partial charge is 0.269 e. The molecule has 0 saturated heterocycles. The van der Waals surface area contributed by atoms with Crippen LogP contribution in [0.25, 0.3) is 0 Å². The van der Waals surface area contributed by atoms with Crippen LogP contribution in [0.3, 0.4) is 0 Å². The zero-order chi connectivity index (χ0) is 29.3. The van der Waals surface area contributed by atoms with Gasteiger partial charge in [0.05, 0.1) is 17.9 Å². The normalized spacial score (nSPS) is 19.0. The summed E-state index contributed by atoms with van der Waals surface area (Å²) >= 11 is 12.5. The molecule has 0 unspecified atom stereocenters. The summed E-state index contributed by atoms with van der Waals surface area (Å²) in [5, 5.41) is 12.8. The number of carbonyl (C=O) groups excluding carboxylic acids is 1. The number of aryl methyl sites for hydroxylation is 1. The molecule has 1 aromatic carbocycles. The second kappa shape index (κ2) is 12.2. The quantitative estimate of drug-likeness (QED) is 0.326. The van der Waals surface area contributed by atoms with Crippen molar-refractivity contribution in [1.82, 2.24) is 25.1 Å². The van der Waals surface area contributed by atoms with Gasteiger partial charge in [0.25, 0.3) is 5.91 Å². The molecule has 0 aliphatic heterocycles. The van der Waals surface area contributed by atoms with Crippen LogP contribution in [0.15, 0.2) is 24.3 Å². The zero-order valence-electron chi connectivity index (χ0n) is 24.7. The number of aromatic nitrogens is 4. The maximum Gasteiger partial charge on any atom is 0.269 e. The SMILES string of the molecule is CN(C)c1nc(NC2CCC(NC(=O)c3cc(C(C)(C)C)nn3Cc3ccc(Cl)cc3Cl)CC2)nc2c1CCCC2. The molecule has 0 bridgehead atoms. The summed E-state index contributed by atoms with van der Waals surface area (Å²) in [6, 6.07) is 7.69. The second-order valence-electron chi connectivity index (χ2n) is 12.6. The van der Waals surface area contributed by atoms with Crippen LogP contribution in [0.2, 0.25) is 10.0 Å². The second-order valence-corrected chi connectivity index (χ2v) is 13.5. The fourth-order valence-corrected chi connectivity index (χ4v) is 6.20. The van der Waals surface area contributed by atoms with Crippen molar-refractivity contribution in [2.75, 3.05) is 24.3 Å². The number of nitrogens with one attached hydrogen (secondary N) is 2. The lowest BCUT2D eigenvalue weighted by atomic mass is 9.91. The molecule has 3 aromatic rings. The van der Waals surface area contributed by atoms with Gasteiger partial charge in [-0.3, -0.25) is 9.48 Å². The van der Waals surface area contributed by atoms with Gasteiger partial charge < -0.3 is 15.5 Å². The third-order valence-corrected chi connectivity index (χ3v) is 8.68. The van der Waals surface area contributed by atoms with Crippen molar-refractivity contribution in [3.8, 4) is 0 Å². The van der Waals surface area contributed by atoms with Crippen LogP contribution >= 0.6 is 23.2 Å². The number of anilines is 2. The first-order valence-corrected chi connectivity index (χ1v) is 15.4. The Hall–Kier alpha value is -2.84. The minimum Gasteiger partial charge on any atom is -0.362 e. The van der Waals surface area contributed by atoms with Gasteiger partial charge in [-0.05, 0) is 75.1 Å². The number of hydrogen-bond donors (Lipinski definition) is 2. The lowest BCUT2D eigenvalue weighted by Gasteiger charge is -2.30. The molecule has 10 heteroatoms. The van der Waals surface area contributed by atoms with Crippen LogP contribution in [0.1, 0.15) is 92.3 Å². The Bertz CT molecular complexity index is 1400. The number of fused-ring (bicyclic) bond motifs is 1. The maximum absolute atomic E-state index is 13.5. The van der Waals surface area contributed by atoms with Gasteiger partial charge in [0.2, 0.25) is 5.95 Å². The van der Waals surface area contributed by atoms with E-state index in [1.165, 1.54) is 24.1 Å². The number of benzene rings is 1. The molecule has 0 radical (unpaired) electrons. The first-order valence-electron chi connectivity index (χ1n) is 14.6. The van der Waals surface area contributed by atoms with Crippen molar-refractivity contribution in [2.45, 2.75) is 96.2 Å². The molecule has 1 fully saturated rings. The van der Waals surface area contributed by atoms with Crippen LogP contribution in [-0.2, 0) is 24.8 Å². The van der Waals surface area contributed by atoms with Gasteiger partial charge in [-0.2, -0.15) is 10.1 Å². The first-order chi connectivity index (χ1) is 19.5. The van der Waals surface area contributed by atoms with Crippen LogP contribution in [-0.4, -0.2) is 51.8 Å². The van der Waals surface area contributed by atoms with Gasteiger partial charge in [0.1, 0.15) is 11.5 Å². The van der Waals surface area contributed by atoms with Crippen LogP contribution < -0.4 is 15.5 Å². The third-order valence-electron chi connectivity index (χ3n) is 8.10. The maximum atomic E-state index is 13.5. The van der Waals surface area contributed by atoms with E-state index in [0.717, 1.165) is 61.5 Å². The highest BCUT2D eigenvalue weighted by molar-refractivity contribution is 6.35. The number of hydrogen-bond acceptors (Lipinski definition) is 6. The average Bonchev–Trinajstić information content (AvgIpc) is 3.36. The Balaban J connectivity index is 1.24. The largest absolute Gasteiger partial charge is 0.362 e. The van der Waals surface area contributed by atoms with Crippen molar-refractivity contribution in [3.05, 3.63) is 62.5 Å². The minimum atomic E-state index is -0.195. The Morgan fingerprint density at radius 2 is 1.73 bits per heavy atom. The van der Waals surface area contributed by atoms with E-state index in [0.29, 0.717) is 22.3 Å². The summed E-state index contributed by atoms with van der Waals surface area (Å²) in [5.41, 5.74) is 4.55. The highest BCUT2D eigenvalue weighted by atomic mass is 35.5. The molecule has 2 N–H and O–H groups in total. The van der Waals surface area contributed by atoms with E-state index in [4.69, 9.17) is 38.3 Å². The van der Waals surface area contributed by atoms with Crippen molar-refractivity contribution >= 4 is 40.9 Å². The number of nitrogens with zero attached hydrogens (tertiary/aromatic N) is 5. The number of rotatable bonds is 7. The monoisotopic (exact) mass is 597 g/mol. The predicted octanol–water partition coefficient (Wildman–Crippen LogP) is 6.42. The van der Waals surface area contributed by atoms with Gasteiger partial charge in [-0.15, -0.1) is 0 Å². The first kappa shape index (κ1) is 29.6. The molecule has 0 atom stereocenters. The van der Waals surface area contributed by atoms with Crippen LogP contribution in [0.5, 0.6) is 0 Å². The van der Waals surface area contributed by atoms with Crippen LogP contribution in [0, 0.1) is 0 Å². The zero-order valence-corrected chi connectivity index (χ0v) is 26.2. The molecule has 5 rings (SSSR count). The molecule has 2 heterocycles. The molecule has 8 nitrogen and oxygen atoms in total. The Kier molecular flexibility index (Phi) is 8.81. The topological polar surface area (TPSA) is 88.0 Å². The van der Waals surface area contributed by atoms with Crippen LogP contribution in [0.4, 0.5) is 11.8 Å². The Morgan fingerprint density at radius 1 is 1.02 bits per heavy atom. The molecule has 1 saturated carbocycles. The third kappa shape index (κ3) is 6.97. The van der Waals surface area contributed by atoms with Gasteiger partial charge in [-0.1, -0.05) is 50.0 Å². The van der Waals surface area contributed by atoms with Crippen molar-refractivity contribution in [1.29, 1.82) is 0 Å². The van der Waals surface area contributed by atoms with E-state index in [1.807, 2.05) is 12.1 Å². The Labute approximate surface area is 253 Å². The van der Waals surface area contributed by atoms with Gasteiger partial charge >= 0.3 is 0 Å². The summed E-state index contributed by atoms with van der Waals surface area (Å²) in [6.45, 7) is 6.68. The van der Waals surface area contributed by atoms with Crippen molar-refractivity contribution < 1.29 is 4.79 Å². The fraction of sp³-hybridized carbons (Fsp3) is 0.548. The molecule has 220 valence electrons. The minimum absolute atomic E-state index is 0.0999. The van der Waals surface area contributed by atoms with E-state index in [-0.39, 0.29) is 23.4 Å². The molecule has 2 aliphatic carbocycles. The molecule has 1 amide bonds. The summed E-state index contributed by atoms with van der Waals surface area (Å²) in [7, 11) is 4.10. The average molecular weight is 599 g/mol. The van der Waals surface area contributed by atoms with E-state index in [1.54, 1.807) is 16.8 Å². The summed E-state index contributed by atoms with van der Waals surface area (Å²) in [5.74, 6) is 1.65. The summed E-state index contributed by atoms with van der Waals surface area (Å²) < 4.78 is 1.76. The Morgan fingerprint density at radius 3 is 2.41 bits per heavy atom. The lowest BCUT2D eigenvalue weighted by molar-refractivity contribution is 0.0916. The fourth-order valence-electron chi connectivity index (χ4n) is 5.73. The van der Waals surface area contributed by atoms with E-state index < -0.39 is 0 Å². The van der Waals surface area contributed by atoms with Gasteiger partial charge in [0, 0.05) is 47.2 Å². The molecule has 2 aromatic heterocycles. The van der Waals surface area contributed by atoms with E-state index in [2.05, 4.69) is 50.4 Å². The van der Waals surface area contributed by atoms with Gasteiger partial charge in [-0.25, -0.2) is 4.98 Å². The number of carbonyl (C=O) groups is 1. The molecular formula is C31H41Cl2N7O. The summed E-state index contributed by atoms with van der Waals surface area (Å²) in [4.78, 5) is 25.4. The van der Waals surface area contributed by atoms with E-state index >= 15 is 0 Å². The standard InChI is InChI=1S/C31H41Cl2N7O/c1-31(2,3)27-17-26(40(38-27)18-19-10-11-20(32)16-24(19)33)29(41)34-21-12-14-22(15-13-21)35-30-36-25-9-7-6-8-23(25)28(37-30)39(4)5/h10-11,16-17,21-22H,6-9,12-15,18H2,1-5H3,(H,34,41)(H,35,36,37). The highest BCUT2D eigenvalue weighted by Gasteiger charge is 2.28. The van der Waals surface area contributed by atoms with Crippen molar-refractivity contribution in [2.24, 2.45) is 0 Å². The van der Waals surface area contributed by atoms with E-state index in [9.17, 15) is 4.79 Å². The van der Waals surface area contributed by atoms with Crippen molar-refractivity contribution in [3.63, 3.8) is 0 Å². The molecule has 2 aliphatic rings.